The van der Waals surface area contributed by atoms with Crippen LogP contribution in [-0.4, -0.2) is 13.3 Å². The van der Waals surface area contributed by atoms with Gasteiger partial charge in [0.25, 0.3) is 0 Å². The first-order chi connectivity index (χ1) is 10.7. The van der Waals surface area contributed by atoms with Crippen LogP contribution in [0.3, 0.4) is 0 Å². The lowest BCUT2D eigenvalue weighted by Gasteiger charge is -2.09. The van der Waals surface area contributed by atoms with Gasteiger partial charge in [0.05, 0.1) is 12.8 Å². The number of hydrogen-bond donors (Lipinski definition) is 0. The van der Waals surface area contributed by atoms with Crippen molar-refractivity contribution in [3.05, 3.63) is 71.3 Å². The maximum Gasteiger partial charge on any atom is 0.128 e. The van der Waals surface area contributed by atoms with Gasteiger partial charge in [-0.25, -0.2) is 0 Å². The minimum absolute atomic E-state index is 0.841. The Balaban J connectivity index is 2.13. The molecule has 0 aromatic heterocycles. The number of nitrogens with zero attached hydrogens (tertiary/aromatic N) is 1. The topological polar surface area (TPSA) is 21.6 Å². The summed E-state index contributed by atoms with van der Waals surface area (Å²) in [6, 6.07) is 18.5. The molecule has 2 nitrogen and oxygen atoms in total. The van der Waals surface area contributed by atoms with E-state index in [0.717, 1.165) is 22.4 Å². The summed E-state index contributed by atoms with van der Waals surface area (Å²) in [5.74, 6) is 0.841. The van der Waals surface area contributed by atoms with Gasteiger partial charge >= 0.3 is 0 Å². The van der Waals surface area contributed by atoms with E-state index in [2.05, 4.69) is 38.1 Å². The third-order valence-electron chi connectivity index (χ3n) is 4.06. The second kappa shape index (κ2) is 6.02. The van der Waals surface area contributed by atoms with E-state index in [1.807, 2.05) is 36.5 Å². The number of methoxy groups -OCH3 is 1. The van der Waals surface area contributed by atoms with Gasteiger partial charge in [0, 0.05) is 11.8 Å². The normalized spacial score (nSPS) is 11.2. The first-order valence-corrected chi connectivity index (χ1v) is 7.36. The monoisotopic (exact) mass is 289 g/mol. The van der Waals surface area contributed by atoms with Crippen LogP contribution >= 0.6 is 0 Å². The van der Waals surface area contributed by atoms with Gasteiger partial charge in [-0.3, -0.25) is 4.99 Å². The molecule has 110 valence electrons. The summed E-state index contributed by atoms with van der Waals surface area (Å²) in [5.41, 5.74) is 4.47. The van der Waals surface area contributed by atoms with Crippen LogP contribution in [0.1, 0.15) is 16.7 Å². The highest BCUT2D eigenvalue weighted by atomic mass is 16.5. The molecule has 0 atom stereocenters. The van der Waals surface area contributed by atoms with E-state index in [4.69, 9.17) is 9.73 Å². The molecule has 0 aliphatic rings. The second-order valence-electron chi connectivity index (χ2n) is 5.38. The highest BCUT2D eigenvalue weighted by Crippen LogP contribution is 2.28. The second-order valence-corrected chi connectivity index (χ2v) is 5.38. The molecule has 0 saturated heterocycles. The molecule has 0 aliphatic carbocycles. The van der Waals surface area contributed by atoms with Crippen molar-refractivity contribution in [2.24, 2.45) is 4.99 Å². The first kappa shape index (κ1) is 14.3. The average molecular weight is 289 g/mol. The third-order valence-corrected chi connectivity index (χ3v) is 4.06. The van der Waals surface area contributed by atoms with Crippen molar-refractivity contribution < 1.29 is 4.74 Å². The fourth-order valence-corrected chi connectivity index (χ4v) is 2.60. The number of rotatable bonds is 3. The molecule has 2 heteroatoms. The number of hydrogen-bond acceptors (Lipinski definition) is 2. The van der Waals surface area contributed by atoms with Crippen LogP contribution in [0.15, 0.2) is 59.6 Å². The lowest BCUT2D eigenvalue weighted by molar-refractivity contribution is 0.415. The predicted octanol–water partition coefficient (Wildman–Crippen LogP) is 5.22. The smallest absolute Gasteiger partial charge is 0.128 e. The summed E-state index contributed by atoms with van der Waals surface area (Å²) in [4.78, 5) is 4.69. The van der Waals surface area contributed by atoms with Crippen molar-refractivity contribution >= 4 is 22.7 Å². The lowest BCUT2D eigenvalue weighted by Crippen LogP contribution is -1.92. The molecule has 0 bridgehead atoms. The molecule has 3 rings (SSSR count). The Kier molecular flexibility index (Phi) is 3.92. The highest BCUT2D eigenvalue weighted by Gasteiger charge is 2.06. The molecule has 0 saturated carbocycles. The number of aliphatic imine (C=N–C) groups is 1. The Hall–Kier alpha value is -2.61. The predicted molar refractivity (Wildman–Crippen MR) is 93.7 cm³/mol. The quantitative estimate of drug-likeness (QED) is 0.606. The molecule has 0 aliphatic heterocycles. The summed E-state index contributed by atoms with van der Waals surface area (Å²) in [5, 5.41) is 2.33. The molecule has 0 amide bonds. The zero-order valence-corrected chi connectivity index (χ0v) is 13.1. The molecular formula is C20H19NO. The van der Waals surface area contributed by atoms with Gasteiger partial charge in [-0.05, 0) is 47.9 Å². The van der Waals surface area contributed by atoms with Gasteiger partial charge in [0.1, 0.15) is 5.75 Å². The fraction of sp³-hybridized carbons (Fsp3) is 0.150. The maximum atomic E-state index is 5.50. The number of aryl methyl sites for hydroxylation is 1. The molecule has 3 aromatic rings. The van der Waals surface area contributed by atoms with Crippen LogP contribution in [0.2, 0.25) is 0 Å². The molecule has 0 spiro atoms. The van der Waals surface area contributed by atoms with Gasteiger partial charge in [0.15, 0.2) is 0 Å². The maximum absolute atomic E-state index is 5.50. The highest BCUT2D eigenvalue weighted by molar-refractivity contribution is 6.03. The Morgan fingerprint density at radius 2 is 1.73 bits per heavy atom. The van der Waals surface area contributed by atoms with Gasteiger partial charge in [-0.15, -0.1) is 0 Å². The summed E-state index contributed by atoms with van der Waals surface area (Å²) in [6.45, 7) is 4.20. The van der Waals surface area contributed by atoms with E-state index < -0.39 is 0 Å². The van der Waals surface area contributed by atoms with Crippen LogP contribution in [-0.2, 0) is 0 Å². The minimum atomic E-state index is 0.841. The van der Waals surface area contributed by atoms with E-state index in [1.165, 1.54) is 16.5 Å². The zero-order valence-electron chi connectivity index (χ0n) is 13.1. The molecule has 0 fully saturated rings. The molecule has 3 aromatic carbocycles. The van der Waals surface area contributed by atoms with Crippen molar-refractivity contribution in [3.63, 3.8) is 0 Å². The van der Waals surface area contributed by atoms with Crippen LogP contribution in [0.25, 0.3) is 10.8 Å². The largest absolute Gasteiger partial charge is 0.496 e. The summed E-state index contributed by atoms with van der Waals surface area (Å²) >= 11 is 0. The molecule has 22 heavy (non-hydrogen) atoms. The van der Waals surface area contributed by atoms with Crippen LogP contribution in [0, 0.1) is 13.8 Å². The Morgan fingerprint density at radius 1 is 0.909 bits per heavy atom. The summed E-state index contributed by atoms with van der Waals surface area (Å²) in [7, 11) is 1.69. The van der Waals surface area contributed by atoms with Crippen molar-refractivity contribution in [2.45, 2.75) is 13.8 Å². The van der Waals surface area contributed by atoms with Crippen molar-refractivity contribution in [2.75, 3.05) is 7.11 Å². The van der Waals surface area contributed by atoms with E-state index in [-0.39, 0.29) is 0 Å². The fourth-order valence-electron chi connectivity index (χ4n) is 2.60. The van der Waals surface area contributed by atoms with E-state index in [9.17, 15) is 0 Å². The first-order valence-electron chi connectivity index (χ1n) is 7.36. The Bertz CT molecular complexity index is 849. The van der Waals surface area contributed by atoms with E-state index in [0.29, 0.717) is 0 Å². The average Bonchev–Trinajstić information content (AvgIpc) is 2.56. The number of ether oxygens (including phenoxy) is 1. The van der Waals surface area contributed by atoms with Crippen molar-refractivity contribution in [3.8, 4) is 5.75 Å². The Morgan fingerprint density at radius 3 is 2.55 bits per heavy atom. The van der Waals surface area contributed by atoms with Crippen LogP contribution < -0.4 is 4.74 Å². The van der Waals surface area contributed by atoms with Crippen molar-refractivity contribution in [1.29, 1.82) is 0 Å². The number of fused-ring (bicyclic) bond motifs is 1. The van der Waals surface area contributed by atoms with Crippen molar-refractivity contribution in [1.82, 2.24) is 0 Å². The van der Waals surface area contributed by atoms with E-state index >= 15 is 0 Å². The van der Waals surface area contributed by atoms with Gasteiger partial charge in [-0.1, -0.05) is 42.5 Å². The molecule has 0 heterocycles. The van der Waals surface area contributed by atoms with Crippen LogP contribution in [0.5, 0.6) is 5.75 Å². The van der Waals surface area contributed by atoms with Crippen LogP contribution in [0.4, 0.5) is 5.69 Å². The van der Waals surface area contributed by atoms with Gasteiger partial charge in [0.2, 0.25) is 0 Å². The zero-order chi connectivity index (χ0) is 15.5. The standard InChI is InChI=1S/C20H19NO/c1-14-7-6-10-19(15(14)2)21-13-18-17-9-5-4-8-16(17)11-12-20(18)22-3/h4-13H,1-3H3. The molecule has 0 N–H and O–H groups in total. The summed E-state index contributed by atoms with van der Waals surface area (Å²) < 4.78 is 5.50. The lowest BCUT2D eigenvalue weighted by atomic mass is 10.0. The summed E-state index contributed by atoms with van der Waals surface area (Å²) in [6.07, 6.45) is 1.91. The Labute approximate surface area is 131 Å². The molecule has 0 unspecified atom stereocenters. The minimum Gasteiger partial charge on any atom is -0.496 e. The number of benzene rings is 3. The van der Waals surface area contributed by atoms with E-state index in [1.54, 1.807) is 7.11 Å². The SMILES string of the molecule is COc1ccc2ccccc2c1C=Nc1cccc(C)c1C. The third kappa shape index (κ3) is 2.60. The molecular weight excluding hydrogens is 270 g/mol. The van der Waals surface area contributed by atoms with Gasteiger partial charge < -0.3 is 4.74 Å². The van der Waals surface area contributed by atoms with Gasteiger partial charge in [-0.2, -0.15) is 0 Å². The molecule has 0 radical (unpaired) electrons.